The summed E-state index contributed by atoms with van der Waals surface area (Å²) in [5.74, 6) is 0.614. The zero-order chi connectivity index (χ0) is 19.2. The second-order valence-electron chi connectivity index (χ2n) is 7.48. The van der Waals surface area contributed by atoms with Crippen molar-refractivity contribution in [3.8, 4) is 5.75 Å². The van der Waals surface area contributed by atoms with E-state index in [1.54, 1.807) is 4.90 Å². The average Bonchev–Trinajstić information content (AvgIpc) is 3.24. The molecule has 2 N–H and O–H groups in total. The summed E-state index contributed by atoms with van der Waals surface area (Å²) in [7, 11) is 0. The zero-order valence-electron chi connectivity index (χ0n) is 16.1. The Morgan fingerprint density at radius 1 is 0.893 bits per heavy atom. The summed E-state index contributed by atoms with van der Waals surface area (Å²) in [6, 6.07) is 22.4. The van der Waals surface area contributed by atoms with E-state index in [1.165, 1.54) is 37.1 Å². The first kappa shape index (κ1) is 18.5. The van der Waals surface area contributed by atoms with Crippen LogP contribution in [0.1, 0.15) is 24.0 Å². The Bertz CT molecular complexity index is 948. The van der Waals surface area contributed by atoms with Crippen LogP contribution < -0.4 is 15.0 Å². The molecule has 0 bridgehead atoms. The molecule has 3 aromatic carbocycles. The second kappa shape index (κ2) is 8.89. The van der Waals surface area contributed by atoms with Crippen molar-refractivity contribution < 1.29 is 14.4 Å². The highest BCUT2D eigenvalue weighted by atomic mass is 16.5. The molecule has 1 fully saturated rings. The summed E-state index contributed by atoms with van der Waals surface area (Å²) in [6.45, 7) is 4.11. The number of nitrogens with one attached hydrogen (secondary N) is 2. The highest BCUT2D eigenvalue weighted by Gasteiger charge is 2.17. The Labute approximate surface area is 166 Å². The normalized spacial score (nSPS) is 14.3. The lowest BCUT2D eigenvalue weighted by molar-refractivity contribution is -0.901. The van der Waals surface area contributed by atoms with Crippen LogP contribution in [0.2, 0.25) is 0 Å². The highest BCUT2D eigenvalue weighted by molar-refractivity contribution is 5.84. The summed E-state index contributed by atoms with van der Waals surface area (Å²) in [6.07, 6.45) is 2.64. The van der Waals surface area contributed by atoms with Gasteiger partial charge in [-0.3, -0.25) is 4.79 Å². The van der Waals surface area contributed by atoms with E-state index in [2.05, 4.69) is 29.6 Å². The number of likely N-dealkylation sites (tertiary alicyclic amines) is 1. The lowest BCUT2D eigenvalue weighted by Crippen LogP contribution is -3.08. The van der Waals surface area contributed by atoms with Crippen molar-refractivity contribution in [2.45, 2.75) is 25.9 Å². The van der Waals surface area contributed by atoms with E-state index in [0.29, 0.717) is 12.3 Å². The van der Waals surface area contributed by atoms with Gasteiger partial charge in [0.2, 0.25) is 0 Å². The number of hydrogen-bond donors (Lipinski definition) is 2. The molecule has 0 radical (unpaired) electrons. The van der Waals surface area contributed by atoms with E-state index in [9.17, 15) is 4.79 Å². The van der Waals surface area contributed by atoms with Crippen LogP contribution in [0.3, 0.4) is 0 Å². The first-order chi connectivity index (χ1) is 13.8. The molecule has 1 aliphatic heterocycles. The molecule has 0 unspecified atom stereocenters. The number of amides is 1. The van der Waals surface area contributed by atoms with Crippen molar-refractivity contribution in [2.75, 3.05) is 19.7 Å². The van der Waals surface area contributed by atoms with Gasteiger partial charge in [0.15, 0.2) is 6.61 Å². The van der Waals surface area contributed by atoms with Gasteiger partial charge in [-0.2, -0.15) is 0 Å². The summed E-state index contributed by atoms with van der Waals surface area (Å²) < 4.78 is 5.69. The number of carbonyl (C=O) groups excluding carboxylic acids is 1. The molecule has 4 nitrogen and oxygen atoms in total. The van der Waals surface area contributed by atoms with Gasteiger partial charge in [-0.05, 0) is 28.5 Å². The molecule has 0 atom stereocenters. The molecule has 0 aliphatic carbocycles. The van der Waals surface area contributed by atoms with Gasteiger partial charge in [0.05, 0.1) is 13.1 Å². The molecule has 1 saturated heterocycles. The molecule has 1 aliphatic rings. The second-order valence-corrected chi connectivity index (χ2v) is 7.48. The Hall–Kier alpha value is -2.85. The van der Waals surface area contributed by atoms with Crippen LogP contribution in [0, 0.1) is 0 Å². The molecule has 4 rings (SSSR count). The standard InChI is InChI=1S/C24H26N2O2/c27-24(18-28-23-12-11-19-7-1-2-8-20(19)15-23)25-16-21-9-3-4-10-22(21)17-26-13-5-6-14-26/h1-4,7-12,15H,5-6,13-14,16-18H2,(H,25,27)/p+1. The topological polar surface area (TPSA) is 42.8 Å². The third-order valence-electron chi connectivity index (χ3n) is 5.44. The molecular formula is C24H27N2O2+. The van der Waals surface area contributed by atoms with Crippen LogP contribution in [0.4, 0.5) is 0 Å². The molecule has 1 heterocycles. The van der Waals surface area contributed by atoms with Crippen LogP contribution in [0.15, 0.2) is 66.7 Å². The van der Waals surface area contributed by atoms with Crippen LogP contribution in [0.25, 0.3) is 10.8 Å². The fourth-order valence-electron chi connectivity index (χ4n) is 3.87. The van der Waals surface area contributed by atoms with Gasteiger partial charge < -0.3 is 15.0 Å². The molecular weight excluding hydrogens is 348 g/mol. The Morgan fingerprint density at radius 2 is 1.61 bits per heavy atom. The van der Waals surface area contributed by atoms with Gasteiger partial charge in [0.25, 0.3) is 5.91 Å². The third kappa shape index (κ3) is 4.70. The fourth-order valence-corrected chi connectivity index (χ4v) is 3.87. The highest BCUT2D eigenvalue weighted by Crippen LogP contribution is 2.20. The number of rotatable bonds is 7. The maximum atomic E-state index is 12.3. The minimum Gasteiger partial charge on any atom is -0.484 e. The van der Waals surface area contributed by atoms with E-state index < -0.39 is 0 Å². The molecule has 0 saturated carbocycles. The minimum absolute atomic E-state index is 0.0257. The first-order valence-corrected chi connectivity index (χ1v) is 10.1. The van der Waals surface area contributed by atoms with Gasteiger partial charge in [0.1, 0.15) is 12.3 Å². The largest absolute Gasteiger partial charge is 0.484 e. The minimum atomic E-state index is -0.100. The number of carbonyl (C=O) groups is 1. The molecule has 1 amide bonds. The Kier molecular flexibility index (Phi) is 5.88. The fraction of sp³-hybridized carbons (Fsp3) is 0.292. The molecule has 4 heteroatoms. The van der Waals surface area contributed by atoms with Crippen molar-refractivity contribution in [1.29, 1.82) is 0 Å². The molecule has 28 heavy (non-hydrogen) atoms. The summed E-state index contributed by atoms with van der Waals surface area (Å²) in [5.41, 5.74) is 2.52. The van der Waals surface area contributed by atoms with E-state index >= 15 is 0 Å². The number of ether oxygens (including phenoxy) is 1. The van der Waals surface area contributed by atoms with Gasteiger partial charge in [-0.1, -0.05) is 54.6 Å². The van der Waals surface area contributed by atoms with Gasteiger partial charge in [-0.15, -0.1) is 0 Å². The van der Waals surface area contributed by atoms with Crippen molar-refractivity contribution in [3.05, 3.63) is 77.9 Å². The molecule has 3 aromatic rings. The average molecular weight is 375 g/mol. The molecule has 144 valence electrons. The van der Waals surface area contributed by atoms with Gasteiger partial charge in [0, 0.05) is 24.9 Å². The van der Waals surface area contributed by atoms with Crippen LogP contribution in [-0.4, -0.2) is 25.6 Å². The van der Waals surface area contributed by atoms with Crippen molar-refractivity contribution in [1.82, 2.24) is 5.32 Å². The Balaban J connectivity index is 1.30. The maximum absolute atomic E-state index is 12.3. The van der Waals surface area contributed by atoms with Crippen molar-refractivity contribution in [2.24, 2.45) is 0 Å². The predicted octanol–water partition coefficient (Wildman–Crippen LogP) is 2.71. The number of hydrogen-bond acceptors (Lipinski definition) is 2. The predicted molar refractivity (Wildman–Crippen MR) is 111 cm³/mol. The van der Waals surface area contributed by atoms with Crippen molar-refractivity contribution in [3.63, 3.8) is 0 Å². The monoisotopic (exact) mass is 375 g/mol. The SMILES string of the molecule is O=C(COc1ccc2ccccc2c1)NCc1ccccc1C[NH+]1CCCC1. The summed E-state index contributed by atoms with van der Waals surface area (Å²) in [4.78, 5) is 13.9. The quantitative estimate of drug-likeness (QED) is 0.667. The maximum Gasteiger partial charge on any atom is 0.258 e. The third-order valence-corrected chi connectivity index (χ3v) is 5.44. The first-order valence-electron chi connectivity index (χ1n) is 10.1. The van der Waals surface area contributed by atoms with Gasteiger partial charge >= 0.3 is 0 Å². The molecule has 0 aromatic heterocycles. The van der Waals surface area contributed by atoms with E-state index in [0.717, 1.165) is 17.3 Å². The van der Waals surface area contributed by atoms with Crippen LogP contribution in [-0.2, 0) is 17.9 Å². The Morgan fingerprint density at radius 3 is 2.43 bits per heavy atom. The van der Waals surface area contributed by atoms with Crippen molar-refractivity contribution >= 4 is 16.7 Å². The summed E-state index contributed by atoms with van der Waals surface area (Å²) >= 11 is 0. The summed E-state index contributed by atoms with van der Waals surface area (Å²) in [5, 5.41) is 5.27. The van der Waals surface area contributed by atoms with Crippen LogP contribution in [0.5, 0.6) is 5.75 Å². The molecule has 0 spiro atoms. The van der Waals surface area contributed by atoms with E-state index in [1.807, 2.05) is 42.5 Å². The van der Waals surface area contributed by atoms with E-state index in [-0.39, 0.29) is 12.5 Å². The smallest absolute Gasteiger partial charge is 0.258 e. The lowest BCUT2D eigenvalue weighted by atomic mass is 10.1. The zero-order valence-corrected chi connectivity index (χ0v) is 16.1. The van der Waals surface area contributed by atoms with E-state index in [4.69, 9.17) is 4.74 Å². The number of benzene rings is 3. The number of fused-ring (bicyclic) bond motifs is 1. The van der Waals surface area contributed by atoms with Gasteiger partial charge in [-0.25, -0.2) is 0 Å². The van der Waals surface area contributed by atoms with Crippen LogP contribution >= 0.6 is 0 Å². The number of quaternary nitrogens is 1. The lowest BCUT2D eigenvalue weighted by Gasteiger charge is -2.15.